The number of anilines is 1. The average molecular weight is 336 g/mol. The van der Waals surface area contributed by atoms with Gasteiger partial charge in [0.05, 0.1) is 4.90 Å². The maximum absolute atomic E-state index is 13.1. The third kappa shape index (κ3) is 3.75. The number of hydrogen-bond donors (Lipinski definition) is 1. The van der Waals surface area contributed by atoms with E-state index in [2.05, 4.69) is 5.32 Å². The molecule has 2 aromatic rings. The molecule has 0 bridgehead atoms. The lowest BCUT2D eigenvalue weighted by atomic mass is 10.1. The van der Waals surface area contributed by atoms with Crippen LogP contribution in [-0.4, -0.2) is 32.7 Å². The predicted octanol–water partition coefficient (Wildman–Crippen LogP) is 2.64. The number of rotatable bonds is 4. The largest absolute Gasteiger partial charge is 0.322 e. The molecule has 0 unspecified atom stereocenters. The molecular weight excluding hydrogens is 319 g/mol. The summed E-state index contributed by atoms with van der Waals surface area (Å²) in [6, 6.07) is 9.77. The van der Waals surface area contributed by atoms with Gasteiger partial charge in [0.2, 0.25) is 10.0 Å². The van der Waals surface area contributed by atoms with Gasteiger partial charge >= 0.3 is 0 Å². The molecule has 0 atom stereocenters. The van der Waals surface area contributed by atoms with E-state index in [9.17, 15) is 17.6 Å². The monoisotopic (exact) mass is 336 g/mol. The Balaban J connectivity index is 2.30. The van der Waals surface area contributed by atoms with Crippen LogP contribution >= 0.6 is 0 Å². The minimum absolute atomic E-state index is 0.0333. The summed E-state index contributed by atoms with van der Waals surface area (Å²) in [5, 5.41) is 2.65. The van der Waals surface area contributed by atoms with E-state index in [1.165, 1.54) is 56.6 Å². The van der Waals surface area contributed by atoms with Gasteiger partial charge < -0.3 is 5.32 Å². The Labute approximate surface area is 134 Å². The van der Waals surface area contributed by atoms with Gasteiger partial charge in [-0.1, -0.05) is 6.07 Å². The molecule has 0 fully saturated rings. The Morgan fingerprint density at radius 1 is 1.13 bits per heavy atom. The summed E-state index contributed by atoms with van der Waals surface area (Å²) in [7, 11) is -0.775. The lowest BCUT2D eigenvalue weighted by molar-refractivity contribution is 0.102. The summed E-state index contributed by atoms with van der Waals surface area (Å²) in [5.74, 6) is -0.852. The molecule has 122 valence electrons. The van der Waals surface area contributed by atoms with E-state index in [0.29, 0.717) is 11.3 Å². The first-order valence-electron chi connectivity index (χ1n) is 6.82. The maximum atomic E-state index is 13.1. The van der Waals surface area contributed by atoms with Gasteiger partial charge in [0.15, 0.2) is 0 Å². The van der Waals surface area contributed by atoms with Gasteiger partial charge in [-0.3, -0.25) is 4.79 Å². The number of carbonyl (C=O) groups excluding carboxylic acids is 1. The molecule has 23 heavy (non-hydrogen) atoms. The molecule has 7 heteroatoms. The van der Waals surface area contributed by atoms with Crippen molar-refractivity contribution in [3.05, 3.63) is 59.4 Å². The summed E-state index contributed by atoms with van der Waals surface area (Å²) in [6.07, 6.45) is 0. The molecule has 0 saturated heterocycles. The zero-order chi connectivity index (χ0) is 17.2. The normalized spacial score (nSPS) is 11.5. The van der Waals surface area contributed by atoms with Crippen LogP contribution in [0.25, 0.3) is 0 Å². The minimum atomic E-state index is -3.62. The van der Waals surface area contributed by atoms with E-state index >= 15 is 0 Å². The Bertz CT molecular complexity index is 848. The zero-order valence-electron chi connectivity index (χ0n) is 13.0. The van der Waals surface area contributed by atoms with Gasteiger partial charge in [0.1, 0.15) is 5.82 Å². The molecule has 1 N–H and O–H groups in total. The van der Waals surface area contributed by atoms with Crippen molar-refractivity contribution in [2.24, 2.45) is 0 Å². The molecule has 0 spiro atoms. The second-order valence-corrected chi connectivity index (χ2v) is 7.38. The topological polar surface area (TPSA) is 66.5 Å². The van der Waals surface area contributed by atoms with Crippen LogP contribution < -0.4 is 5.32 Å². The Hall–Kier alpha value is -2.25. The Morgan fingerprint density at radius 2 is 1.83 bits per heavy atom. The van der Waals surface area contributed by atoms with Crippen LogP contribution in [-0.2, 0) is 10.0 Å². The minimum Gasteiger partial charge on any atom is -0.322 e. The second-order valence-electron chi connectivity index (χ2n) is 5.23. The number of hydrogen-bond acceptors (Lipinski definition) is 3. The third-order valence-corrected chi connectivity index (χ3v) is 5.12. The van der Waals surface area contributed by atoms with Crippen molar-refractivity contribution in [3.8, 4) is 0 Å². The Morgan fingerprint density at radius 3 is 2.43 bits per heavy atom. The fourth-order valence-electron chi connectivity index (χ4n) is 1.97. The van der Waals surface area contributed by atoms with Crippen molar-refractivity contribution < 1.29 is 17.6 Å². The number of nitrogens with zero attached hydrogens (tertiary/aromatic N) is 1. The van der Waals surface area contributed by atoms with E-state index in [4.69, 9.17) is 0 Å². The summed E-state index contributed by atoms with van der Waals surface area (Å²) >= 11 is 0. The number of nitrogens with one attached hydrogen (secondary N) is 1. The molecule has 0 aliphatic carbocycles. The molecule has 0 aliphatic heterocycles. The van der Waals surface area contributed by atoms with Crippen LogP contribution in [0, 0.1) is 12.7 Å². The van der Waals surface area contributed by atoms with Crippen molar-refractivity contribution in [1.82, 2.24) is 4.31 Å². The summed E-state index contributed by atoms with van der Waals surface area (Å²) in [5.41, 5.74) is 1.25. The quantitative estimate of drug-likeness (QED) is 0.933. The van der Waals surface area contributed by atoms with Gasteiger partial charge in [-0.05, 0) is 48.9 Å². The number of amides is 1. The fraction of sp³-hybridized carbons (Fsp3) is 0.188. The molecule has 0 saturated carbocycles. The SMILES string of the molecule is Cc1cc(F)ccc1NC(=O)c1cccc(S(=O)(=O)N(C)C)c1. The van der Waals surface area contributed by atoms with Crippen molar-refractivity contribution >= 4 is 21.6 Å². The van der Waals surface area contributed by atoms with Gasteiger partial charge in [0.25, 0.3) is 5.91 Å². The Kier molecular flexibility index (Phi) is 4.82. The lowest BCUT2D eigenvalue weighted by Crippen LogP contribution is -2.22. The van der Waals surface area contributed by atoms with Crippen LogP contribution in [0.15, 0.2) is 47.4 Å². The number of sulfonamides is 1. The first kappa shape index (κ1) is 17.1. The molecule has 0 radical (unpaired) electrons. The third-order valence-electron chi connectivity index (χ3n) is 3.31. The highest BCUT2D eigenvalue weighted by Gasteiger charge is 2.19. The molecule has 1 amide bonds. The van der Waals surface area contributed by atoms with Crippen LogP contribution in [0.3, 0.4) is 0 Å². The number of benzene rings is 2. The lowest BCUT2D eigenvalue weighted by Gasteiger charge is -2.13. The fourth-order valence-corrected chi connectivity index (χ4v) is 2.92. The first-order chi connectivity index (χ1) is 10.7. The van der Waals surface area contributed by atoms with Gasteiger partial charge in [-0.15, -0.1) is 0 Å². The highest BCUT2D eigenvalue weighted by atomic mass is 32.2. The van der Waals surface area contributed by atoms with E-state index in [1.807, 2.05) is 0 Å². The highest BCUT2D eigenvalue weighted by molar-refractivity contribution is 7.89. The molecule has 0 aromatic heterocycles. The highest BCUT2D eigenvalue weighted by Crippen LogP contribution is 2.19. The molecule has 0 aliphatic rings. The van der Waals surface area contributed by atoms with E-state index in [0.717, 1.165) is 4.31 Å². The van der Waals surface area contributed by atoms with Crippen LogP contribution in [0.4, 0.5) is 10.1 Å². The van der Waals surface area contributed by atoms with Crippen molar-refractivity contribution in [3.63, 3.8) is 0 Å². The van der Waals surface area contributed by atoms with E-state index < -0.39 is 15.9 Å². The van der Waals surface area contributed by atoms with Gasteiger partial charge in [0, 0.05) is 25.3 Å². The van der Waals surface area contributed by atoms with E-state index in [1.54, 1.807) is 6.92 Å². The average Bonchev–Trinajstić information content (AvgIpc) is 2.50. The molecular formula is C16H17FN2O3S. The number of carbonyl (C=O) groups is 1. The van der Waals surface area contributed by atoms with Crippen molar-refractivity contribution in [2.75, 3.05) is 19.4 Å². The smallest absolute Gasteiger partial charge is 0.255 e. The standard InChI is InChI=1S/C16H17FN2O3S/c1-11-9-13(17)7-8-15(11)18-16(20)12-5-4-6-14(10-12)23(21,22)19(2)3/h4-10H,1-3H3,(H,18,20). The molecule has 5 nitrogen and oxygen atoms in total. The van der Waals surface area contributed by atoms with Crippen molar-refractivity contribution in [2.45, 2.75) is 11.8 Å². The van der Waals surface area contributed by atoms with Gasteiger partial charge in [-0.25, -0.2) is 17.1 Å². The van der Waals surface area contributed by atoms with Crippen LogP contribution in [0.1, 0.15) is 15.9 Å². The first-order valence-corrected chi connectivity index (χ1v) is 8.26. The zero-order valence-corrected chi connectivity index (χ0v) is 13.8. The predicted molar refractivity (Wildman–Crippen MR) is 86.4 cm³/mol. The molecule has 0 heterocycles. The number of aryl methyl sites for hydroxylation is 1. The summed E-state index contributed by atoms with van der Waals surface area (Å²) in [4.78, 5) is 12.3. The van der Waals surface area contributed by atoms with Gasteiger partial charge in [-0.2, -0.15) is 0 Å². The molecule has 2 rings (SSSR count). The molecule has 2 aromatic carbocycles. The summed E-state index contributed by atoms with van der Waals surface area (Å²) in [6.45, 7) is 1.67. The number of halogens is 1. The second kappa shape index (κ2) is 6.47. The van der Waals surface area contributed by atoms with E-state index in [-0.39, 0.29) is 16.3 Å². The van der Waals surface area contributed by atoms with Crippen LogP contribution in [0.5, 0.6) is 0 Å². The summed E-state index contributed by atoms with van der Waals surface area (Å²) < 4.78 is 38.4. The maximum Gasteiger partial charge on any atom is 0.255 e. The van der Waals surface area contributed by atoms with Crippen LogP contribution in [0.2, 0.25) is 0 Å². The van der Waals surface area contributed by atoms with Crippen molar-refractivity contribution in [1.29, 1.82) is 0 Å².